The summed E-state index contributed by atoms with van der Waals surface area (Å²) < 4.78 is 5.51. The number of nitrogens with one attached hydrogen (secondary N) is 1. The molecule has 2 aromatic rings. The molecule has 0 spiro atoms. The molecule has 10 nitrogen and oxygen atoms in total. The molecule has 3 aliphatic rings. The Balaban J connectivity index is 1.34. The highest BCUT2D eigenvalue weighted by Crippen LogP contribution is 2.52. The summed E-state index contributed by atoms with van der Waals surface area (Å²) in [6.07, 6.45) is 5.93. The Kier molecular flexibility index (Phi) is 5.81. The fourth-order valence-electron chi connectivity index (χ4n) is 4.93. The van der Waals surface area contributed by atoms with E-state index in [1.165, 1.54) is 24.4 Å². The molecule has 1 saturated heterocycles. The number of nitrogens with zero attached hydrogens (tertiary/aromatic N) is 3. The maximum absolute atomic E-state index is 12.8. The molecule has 2 bridgehead atoms. The van der Waals surface area contributed by atoms with E-state index in [1.807, 2.05) is 12.2 Å². The number of hydrazone groups is 1. The zero-order chi connectivity index (χ0) is 24.7. The Morgan fingerprint density at radius 3 is 2.43 bits per heavy atom. The third-order valence-electron chi connectivity index (χ3n) is 6.46. The second-order valence-electron chi connectivity index (χ2n) is 8.53. The number of hydrogen-bond acceptors (Lipinski definition) is 7. The summed E-state index contributed by atoms with van der Waals surface area (Å²) in [7, 11) is 0. The minimum absolute atomic E-state index is 0.0394. The lowest BCUT2D eigenvalue weighted by Gasteiger charge is -2.13. The van der Waals surface area contributed by atoms with Crippen molar-refractivity contribution < 1.29 is 24.0 Å². The van der Waals surface area contributed by atoms with Crippen LogP contribution in [0, 0.1) is 33.8 Å². The predicted octanol–water partition coefficient (Wildman–Crippen LogP) is 3.41. The number of benzene rings is 2. The van der Waals surface area contributed by atoms with Gasteiger partial charge in [-0.15, -0.1) is 0 Å². The molecule has 2 aliphatic carbocycles. The van der Waals surface area contributed by atoms with Gasteiger partial charge in [0.15, 0.2) is 6.61 Å². The molecule has 178 valence electrons. The van der Waals surface area contributed by atoms with Gasteiger partial charge >= 0.3 is 5.69 Å². The molecule has 2 fully saturated rings. The summed E-state index contributed by atoms with van der Waals surface area (Å²) in [6, 6.07) is 10.5. The number of carbonyl (C=O) groups is 3. The number of nitro groups is 1. The fraction of sp³-hybridized carbons (Fsp3) is 0.250. The van der Waals surface area contributed by atoms with Crippen LogP contribution in [-0.2, 0) is 14.4 Å². The van der Waals surface area contributed by atoms with Gasteiger partial charge in [-0.05, 0) is 48.6 Å². The molecule has 2 aromatic carbocycles. The maximum atomic E-state index is 12.8. The van der Waals surface area contributed by atoms with Crippen molar-refractivity contribution in [3.63, 3.8) is 0 Å². The summed E-state index contributed by atoms with van der Waals surface area (Å²) in [5.74, 6) is -2.23. The summed E-state index contributed by atoms with van der Waals surface area (Å²) in [5, 5.41) is 19.6. The first kappa shape index (κ1) is 22.7. The standard InChI is InChI=1S/C24H19ClN4O6/c25-16-6-8-17(9-7-16)27-19(30)12-35-22-15(2-1-3-18(22)29(33)34)11-26-28-23(31)20-13-4-5-14(10-13)21(20)24(28)32/h1-9,11,13-14,20-21H,10,12H2,(H,27,30). The van der Waals surface area contributed by atoms with Gasteiger partial charge in [-0.1, -0.05) is 29.8 Å². The Bertz CT molecular complexity index is 1260. The van der Waals surface area contributed by atoms with Gasteiger partial charge in [0, 0.05) is 22.3 Å². The molecule has 11 heteroatoms. The van der Waals surface area contributed by atoms with E-state index in [1.54, 1.807) is 24.3 Å². The smallest absolute Gasteiger partial charge is 0.311 e. The van der Waals surface area contributed by atoms with Gasteiger partial charge in [-0.25, -0.2) is 0 Å². The Morgan fingerprint density at radius 1 is 1.14 bits per heavy atom. The van der Waals surface area contributed by atoms with Crippen LogP contribution in [0.5, 0.6) is 5.75 Å². The highest BCUT2D eigenvalue weighted by Gasteiger charge is 2.59. The van der Waals surface area contributed by atoms with Crippen LogP contribution in [0.25, 0.3) is 0 Å². The van der Waals surface area contributed by atoms with Crippen molar-refractivity contribution in [1.82, 2.24) is 5.01 Å². The molecule has 35 heavy (non-hydrogen) atoms. The highest BCUT2D eigenvalue weighted by molar-refractivity contribution is 6.30. The van der Waals surface area contributed by atoms with E-state index >= 15 is 0 Å². The number of hydrogen-bond donors (Lipinski definition) is 1. The number of anilines is 1. The Labute approximate surface area is 204 Å². The first-order valence-corrected chi connectivity index (χ1v) is 11.3. The van der Waals surface area contributed by atoms with Gasteiger partial charge in [0.2, 0.25) is 5.75 Å². The van der Waals surface area contributed by atoms with Crippen LogP contribution in [0.2, 0.25) is 5.02 Å². The second-order valence-corrected chi connectivity index (χ2v) is 8.97. The molecule has 4 unspecified atom stereocenters. The third-order valence-corrected chi connectivity index (χ3v) is 6.71. The Morgan fingerprint density at radius 2 is 1.80 bits per heavy atom. The van der Waals surface area contributed by atoms with Gasteiger partial charge in [0.25, 0.3) is 17.7 Å². The summed E-state index contributed by atoms with van der Waals surface area (Å²) >= 11 is 5.83. The SMILES string of the molecule is O=C(COc1c(C=NN2C(=O)C3C4C=CC(C4)C3C2=O)cccc1[N+](=O)[O-])Nc1ccc(Cl)cc1. The lowest BCUT2D eigenvalue weighted by molar-refractivity contribution is -0.385. The monoisotopic (exact) mass is 494 g/mol. The lowest BCUT2D eigenvalue weighted by atomic mass is 9.85. The second kappa shape index (κ2) is 8.95. The van der Waals surface area contributed by atoms with Crippen molar-refractivity contribution in [1.29, 1.82) is 0 Å². The number of imide groups is 1. The van der Waals surface area contributed by atoms with Crippen molar-refractivity contribution in [3.05, 3.63) is 75.3 Å². The zero-order valence-electron chi connectivity index (χ0n) is 18.2. The third kappa shape index (κ3) is 4.17. The normalized spacial score (nSPS) is 24.3. The number of carbonyl (C=O) groups excluding carboxylic acids is 3. The summed E-state index contributed by atoms with van der Waals surface area (Å²) in [4.78, 5) is 48.9. The van der Waals surface area contributed by atoms with Gasteiger partial charge in [0.1, 0.15) is 0 Å². The lowest BCUT2D eigenvalue weighted by Crippen LogP contribution is -2.28. The minimum Gasteiger partial charge on any atom is -0.476 e. The van der Waals surface area contributed by atoms with Crippen LogP contribution >= 0.6 is 11.6 Å². The van der Waals surface area contributed by atoms with Crippen molar-refractivity contribution in [2.24, 2.45) is 28.8 Å². The average molecular weight is 495 g/mol. The quantitative estimate of drug-likeness (QED) is 0.206. The molecular weight excluding hydrogens is 476 g/mol. The molecule has 1 saturated carbocycles. The molecule has 0 aromatic heterocycles. The zero-order valence-corrected chi connectivity index (χ0v) is 18.9. The summed E-state index contributed by atoms with van der Waals surface area (Å²) in [5.41, 5.74) is 0.246. The van der Waals surface area contributed by atoms with E-state index in [2.05, 4.69) is 10.4 Å². The largest absolute Gasteiger partial charge is 0.476 e. The molecule has 1 heterocycles. The van der Waals surface area contributed by atoms with Crippen LogP contribution in [0.1, 0.15) is 12.0 Å². The van der Waals surface area contributed by atoms with Crippen LogP contribution in [0.4, 0.5) is 11.4 Å². The number of allylic oxidation sites excluding steroid dienone is 2. The van der Waals surface area contributed by atoms with Crippen LogP contribution < -0.4 is 10.1 Å². The predicted molar refractivity (Wildman–Crippen MR) is 126 cm³/mol. The van der Waals surface area contributed by atoms with Crippen molar-refractivity contribution >= 4 is 46.9 Å². The topological polar surface area (TPSA) is 131 Å². The van der Waals surface area contributed by atoms with Gasteiger partial charge in [-0.3, -0.25) is 24.5 Å². The number of amides is 3. The van der Waals surface area contributed by atoms with Gasteiger partial charge in [-0.2, -0.15) is 10.1 Å². The average Bonchev–Trinajstić information content (AvgIpc) is 3.52. The number of rotatable bonds is 7. The van der Waals surface area contributed by atoms with E-state index in [4.69, 9.17) is 16.3 Å². The minimum atomic E-state index is -0.649. The molecular formula is C24H19ClN4O6. The molecule has 0 radical (unpaired) electrons. The van der Waals surface area contributed by atoms with E-state index in [0.717, 1.165) is 11.4 Å². The number of nitro benzene ring substituents is 1. The fourth-order valence-corrected chi connectivity index (χ4v) is 5.06. The first-order valence-electron chi connectivity index (χ1n) is 10.9. The number of fused-ring (bicyclic) bond motifs is 5. The molecule has 3 amide bonds. The van der Waals surface area contributed by atoms with E-state index in [9.17, 15) is 24.5 Å². The Hall–Kier alpha value is -4.05. The first-order chi connectivity index (χ1) is 16.8. The van der Waals surface area contributed by atoms with Crippen molar-refractivity contribution in [2.45, 2.75) is 6.42 Å². The molecule has 1 aliphatic heterocycles. The molecule has 1 N–H and O–H groups in total. The maximum Gasteiger partial charge on any atom is 0.311 e. The highest BCUT2D eigenvalue weighted by atomic mass is 35.5. The van der Waals surface area contributed by atoms with Crippen molar-refractivity contribution in [2.75, 3.05) is 11.9 Å². The van der Waals surface area contributed by atoms with Crippen LogP contribution in [-0.4, -0.2) is 40.5 Å². The van der Waals surface area contributed by atoms with Crippen LogP contribution in [0.15, 0.2) is 59.7 Å². The summed E-state index contributed by atoms with van der Waals surface area (Å²) in [6.45, 7) is -0.519. The van der Waals surface area contributed by atoms with Gasteiger partial charge < -0.3 is 10.1 Å². The van der Waals surface area contributed by atoms with E-state index < -0.39 is 29.3 Å². The van der Waals surface area contributed by atoms with Crippen LogP contribution in [0.3, 0.4) is 0 Å². The van der Waals surface area contributed by atoms with E-state index in [-0.39, 0.29) is 40.7 Å². The number of para-hydroxylation sites is 1. The number of ether oxygens (including phenoxy) is 1. The van der Waals surface area contributed by atoms with Gasteiger partial charge in [0.05, 0.1) is 23.0 Å². The molecule has 5 rings (SSSR count). The van der Waals surface area contributed by atoms with E-state index in [0.29, 0.717) is 10.7 Å². The molecule has 4 atom stereocenters. The van der Waals surface area contributed by atoms with Crippen molar-refractivity contribution in [3.8, 4) is 5.75 Å². The number of halogens is 1.